The van der Waals surface area contributed by atoms with Crippen molar-refractivity contribution in [1.82, 2.24) is 4.90 Å². The zero-order valence-corrected chi connectivity index (χ0v) is 19.4. The second kappa shape index (κ2) is 9.49. The zero-order valence-electron chi connectivity index (χ0n) is 19.4. The quantitative estimate of drug-likeness (QED) is 0.756. The van der Waals surface area contributed by atoms with Crippen molar-refractivity contribution >= 4 is 17.4 Å². The summed E-state index contributed by atoms with van der Waals surface area (Å²) in [5.41, 5.74) is 7.89. The van der Waals surface area contributed by atoms with E-state index in [2.05, 4.69) is 4.90 Å². The number of furan rings is 1. The molecule has 5 rings (SSSR count). The van der Waals surface area contributed by atoms with Crippen molar-refractivity contribution in [3.05, 3.63) is 47.4 Å². The van der Waals surface area contributed by atoms with E-state index < -0.39 is 6.17 Å². The molecular formula is C26H34N4O3. The maximum Gasteiger partial charge on any atom is 0.269 e. The minimum absolute atomic E-state index is 0.0367. The highest BCUT2D eigenvalue weighted by molar-refractivity contribution is 5.90. The van der Waals surface area contributed by atoms with Crippen LogP contribution in [-0.4, -0.2) is 36.2 Å². The van der Waals surface area contributed by atoms with Gasteiger partial charge in [0.05, 0.1) is 18.6 Å². The van der Waals surface area contributed by atoms with E-state index in [0.717, 1.165) is 42.3 Å². The number of hydrogen-bond acceptors (Lipinski definition) is 6. The first-order valence-corrected chi connectivity index (χ1v) is 12.3. The van der Waals surface area contributed by atoms with Crippen molar-refractivity contribution in [2.45, 2.75) is 82.5 Å². The monoisotopic (exact) mass is 450 g/mol. The minimum Gasteiger partial charge on any atom is -0.497 e. The number of carbonyl (C=O) groups excluding carboxylic acids is 1. The molecule has 1 atom stereocenters. The Labute approximate surface area is 194 Å². The number of carbonyl (C=O) groups is 1. The summed E-state index contributed by atoms with van der Waals surface area (Å²) in [4.78, 5) is 23.2. The molecule has 0 bridgehead atoms. The van der Waals surface area contributed by atoms with E-state index >= 15 is 0 Å². The number of nitrogens with zero attached hydrogens (tertiary/aromatic N) is 3. The molecule has 1 aromatic heterocycles. The predicted molar refractivity (Wildman–Crippen MR) is 127 cm³/mol. The Hall–Kier alpha value is -2.96. The van der Waals surface area contributed by atoms with Crippen molar-refractivity contribution in [3.8, 4) is 5.75 Å². The fourth-order valence-corrected chi connectivity index (χ4v) is 5.73. The molecule has 3 aliphatic rings. The van der Waals surface area contributed by atoms with Gasteiger partial charge >= 0.3 is 0 Å². The smallest absolute Gasteiger partial charge is 0.269 e. The summed E-state index contributed by atoms with van der Waals surface area (Å²) >= 11 is 0. The van der Waals surface area contributed by atoms with Crippen LogP contribution in [0.3, 0.4) is 0 Å². The topological polar surface area (TPSA) is 84.3 Å². The summed E-state index contributed by atoms with van der Waals surface area (Å²) in [6.07, 6.45) is 12.3. The summed E-state index contributed by atoms with van der Waals surface area (Å²) in [5, 5.41) is 0.719. The Balaban J connectivity index is 1.56. The summed E-state index contributed by atoms with van der Waals surface area (Å²) in [6.45, 7) is 0. The second-order valence-corrected chi connectivity index (χ2v) is 9.42. The van der Waals surface area contributed by atoms with Gasteiger partial charge in [0.1, 0.15) is 11.6 Å². The molecule has 1 aliphatic heterocycles. The summed E-state index contributed by atoms with van der Waals surface area (Å²) < 4.78 is 10.9. The molecule has 0 saturated heterocycles. The van der Waals surface area contributed by atoms with E-state index in [1.54, 1.807) is 13.4 Å². The van der Waals surface area contributed by atoms with Crippen LogP contribution in [0.1, 0.15) is 64.2 Å². The Kier molecular flexibility index (Phi) is 6.29. The minimum atomic E-state index is -0.777. The maximum absolute atomic E-state index is 14.3. The van der Waals surface area contributed by atoms with Crippen molar-refractivity contribution in [1.29, 1.82) is 0 Å². The van der Waals surface area contributed by atoms with E-state index in [-0.39, 0.29) is 18.0 Å². The Morgan fingerprint density at radius 2 is 1.61 bits per heavy atom. The lowest BCUT2D eigenvalue weighted by Crippen LogP contribution is -2.59. The fourth-order valence-electron chi connectivity index (χ4n) is 5.73. The van der Waals surface area contributed by atoms with Crippen molar-refractivity contribution in [2.75, 3.05) is 12.0 Å². The number of anilines is 1. The lowest BCUT2D eigenvalue weighted by Gasteiger charge is -2.44. The number of nitrogens with two attached hydrogens (primary N) is 1. The van der Waals surface area contributed by atoms with Crippen LogP contribution in [0.25, 0.3) is 5.82 Å². The number of methoxy groups -OCH3 is 1. The highest BCUT2D eigenvalue weighted by Crippen LogP contribution is 2.33. The van der Waals surface area contributed by atoms with Gasteiger partial charge in [0, 0.05) is 17.8 Å². The van der Waals surface area contributed by atoms with Crippen LogP contribution >= 0.6 is 0 Å². The molecule has 2 aromatic rings. The van der Waals surface area contributed by atoms with E-state index in [1.165, 1.54) is 38.5 Å². The molecule has 2 saturated carbocycles. The first kappa shape index (κ1) is 21.9. The third-order valence-electron chi connectivity index (χ3n) is 7.43. The normalized spacial score (nSPS) is 21.9. The lowest BCUT2D eigenvalue weighted by atomic mass is 9.88. The third kappa shape index (κ3) is 4.21. The number of benzene rings is 1. The number of amides is 1. The first-order valence-electron chi connectivity index (χ1n) is 12.3. The highest BCUT2D eigenvalue weighted by Gasteiger charge is 2.40. The molecule has 0 radical (unpaired) electrons. The highest BCUT2D eigenvalue weighted by atomic mass is 16.5. The molecule has 7 nitrogen and oxygen atoms in total. The van der Waals surface area contributed by atoms with Gasteiger partial charge in [-0.15, -0.1) is 0 Å². The van der Waals surface area contributed by atoms with Gasteiger partial charge in [0.15, 0.2) is 0 Å². The number of rotatable bonds is 5. The summed E-state index contributed by atoms with van der Waals surface area (Å²) in [7, 11) is 1.64. The van der Waals surface area contributed by atoms with Crippen LogP contribution in [0, 0.1) is 0 Å². The molecule has 2 aliphatic carbocycles. The largest absolute Gasteiger partial charge is 0.497 e. The fraction of sp³-hybridized carbons (Fsp3) is 0.538. The van der Waals surface area contributed by atoms with Gasteiger partial charge in [0.25, 0.3) is 5.91 Å². The van der Waals surface area contributed by atoms with Crippen molar-refractivity contribution in [3.63, 3.8) is 0 Å². The second-order valence-electron chi connectivity index (χ2n) is 9.42. The summed E-state index contributed by atoms with van der Waals surface area (Å²) in [5.74, 6) is 1.28. The van der Waals surface area contributed by atoms with E-state index in [1.807, 2.05) is 35.2 Å². The number of fused-ring (bicyclic) bond motifs is 1. The molecule has 2 fully saturated rings. The third-order valence-corrected chi connectivity index (χ3v) is 7.43. The van der Waals surface area contributed by atoms with Crippen LogP contribution in [0.15, 0.2) is 46.0 Å². The molecule has 1 aromatic carbocycles. The van der Waals surface area contributed by atoms with E-state index in [0.29, 0.717) is 11.4 Å². The van der Waals surface area contributed by atoms with Gasteiger partial charge in [-0.1, -0.05) is 38.5 Å². The Morgan fingerprint density at radius 3 is 2.18 bits per heavy atom. The average Bonchev–Trinajstić information content (AvgIpc) is 3.35. The number of hydrogen-bond donors (Lipinski definition) is 1. The molecule has 1 unspecified atom stereocenters. The Bertz CT molecular complexity index is 1060. The van der Waals surface area contributed by atoms with Gasteiger partial charge in [0.2, 0.25) is 11.7 Å². The van der Waals surface area contributed by atoms with E-state index in [4.69, 9.17) is 19.9 Å². The van der Waals surface area contributed by atoms with Gasteiger partial charge in [-0.25, -0.2) is 4.99 Å². The van der Waals surface area contributed by atoms with Gasteiger partial charge in [-0.3, -0.25) is 9.69 Å². The van der Waals surface area contributed by atoms with Crippen molar-refractivity contribution in [2.24, 2.45) is 10.7 Å². The van der Waals surface area contributed by atoms with Crippen LogP contribution in [0.5, 0.6) is 5.75 Å². The van der Waals surface area contributed by atoms with Crippen LogP contribution in [0.4, 0.5) is 5.69 Å². The Morgan fingerprint density at radius 1 is 1.00 bits per heavy atom. The van der Waals surface area contributed by atoms with E-state index in [9.17, 15) is 4.79 Å². The average molecular weight is 451 g/mol. The standard InChI is InChI=1S/C26H34N4O3/c1-32-21-14-12-20(13-15-21)30-23(27)22-16-17-33-25(22)28-24(30)26(31)29(18-8-4-2-5-9-18)19-10-6-3-7-11-19/h12-19,24H,2-11,27H2,1H3. The molecule has 33 heavy (non-hydrogen) atoms. The molecule has 2 N–H and O–H groups in total. The zero-order chi connectivity index (χ0) is 22.8. The predicted octanol–water partition coefficient (Wildman–Crippen LogP) is 3.27. The SMILES string of the molecule is COc1ccc(N2C(N)=c3ccoc3=NC2C(=O)N(C2CCCCC2)C2CCCCC2)cc1. The van der Waals surface area contributed by atoms with Crippen molar-refractivity contribution < 1.29 is 13.9 Å². The maximum atomic E-state index is 14.3. The van der Waals surface area contributed by atoms with Gasteiger partial charge < -0.3 is 19.8 Å². The molecule has 2 heterocycles. The summed E-state index contributed by atoms with van der Waals surface area (Å²) in [6, 6.07) is 9.99. The molecule has 0 spiro atoms. The van der Waals surface area contributed by atoms with Crippen LogP contribution in [0.2, 0.25) is 0 Å². The molecule has 7 heteroatoms. The first-order chi connectivity index (χ1) is 16.2. The van der Waals surface area contributed by atoms with Gasteiger partial charge in [-0.05, 0) is 56.0 Å². The van der Waals surface area contributed by atoms with Gasteiger partial charge in [-0.2, -0.15) is 0 Å². The number of ether oxygens (including phenoxy) is 1. The molecule has 176 valence electrons. The van der Waals surface area contributed by atoms with Crippen LogP contribution in [-0.2, 0) is 4.79 Å². The molecule has 1 amide bonds. The van der Waals surface area contributed by atoms with Crippen LogP contribution < -0.4 is 26.1 Å². The lowest BCUT2D eigenvalue weighted by molar-refractivity contribution is -0.139. The molecular weight excluding hydrogens is 416 g/mol.